The van der Waals surface area contributed by atoms with Crippen LogP contribution in [0.2, 0.25) is 0 Å². The minimum atomic E-state index is -4.94. The first-order valence-corrected chi connectivity index (χ1v) is 13.5. The number of thiophene rings is 1. The van der Waals surface area contributed by atoms with Crippen LogP contribution in [0.25, 0.3) is 10.1 Å². The van der Waals surface area contributed by atoms with Gasteiger partial charge in [0, 0.05) is 4.70 Å². The summed E-state index contributed by atoms with van der Waals surface area (Å²) in [7, 11) is -4.28. The molecule has 3 aromatic carbocycles. The quantitative estimate of drug-likeness (QED) is 0.104. The van der Waals surface area contributed by atoms with Crippen molar-refractivity contribution in [1.82, 2.24) is 0 Å². The number of hydrogen-bond donors (Lipinski definition) is 0. The Hall–Kier alpha value is -2.22. The average Bonchev–Trinajstić information content (AvgIpc) is 3.19. The summed E-state index contributed by atoms with van der Waals surface area (Å²) in [4.78, 5) is 10.1. The Balaban J connectivity index is 0.00000400. The van der Waals surface area contributed by atoms with Crippen LogP contribution in [0.1, 0.15) is 22.3 Å². The summed E-state index contributed by atoms with van der Waals surface area (Å²) < 4.78 is 87.0. The smallest absolute Gasteiger partial charge is 0.529 e. The second-order valence-corrected chi connectivity index (χ2v) is 11.2. The molecule has 4 aromatic rings. The van der Waals surface area contributed by atoms with E-state index >= 15 is 0 Å². The fraction of sp³-hybridized carbons (Fsp3) is 0.120. The summed E-state index contributed by atoms with van der Waals surface area (Å²) in [6, 6.07) is 15.2. The van der Waals surface area contributed by atoms with Gasteiger partial charge in [0.1, 0.15) is 10.8 Å². The third kappa shape index (κ3) is 6.49. The van der Waals surface area contributed by atoms with E-state index in [-0.39, 0.29) is 40.0 Å². The molecule has 0 radical (unpaired) electrons. The van der Waals surface area contributed by atoms with Crippen LogP contribution in [0.4, 0.5) is 22.6 Å². The topological polar surface area (TPSA) is 66.8 Å². The number of benzene rings is 3. The van der Waals surface area contributed by atoms with E-state index in [4.69, 9.17) is 0 Å². The van der Waals surface area contributed by atoms with Crippen molar-refractivity contribution in [3.63, 3.8) is 0 Å². The predicted octanol–water partition coefficient (Wildman–Crippen LogP) is 3.78. The van der Waals surface area contributed by atoms with Crippen LogP contribution in [0, 0.1) is 12.7 Å². The molecule has 0 saturated heterocycles. The van der Waals surface area contributed by atoms with E-state index in [1.54, 1.807) is 19.1 Å². The van der Waals surface area contributed by atoms with Gasteiger partial charge < -0.3 is 9.19 Å². The van der Waals surface area contributed by atoms with Crippen LogP contribution in [0.15, 0.2) is 76.0 Å². The first-order chi connectivity index (χ1) is 17.5. The standard InChI is InChI=1S/C25H16F4N2O3S3.Na/c1-16-20-4-2-3-5-23(20)36-24(16)31(14-18-8-11-22(26)21(12-18)25(27,28)29)37(33,34)19-9-6-17(7-10-19)13-30-35-15-32;/h2-12H,14H2,1H3;/q-2;+1. The Morgan fingerprint density at radius 2 is 1.74 bits per heavy atom. The van der Waals surface area contributed by atoms with Crippen molar-refractivity contribution < 1.29 is 60.3 Å². The van der Waals surface area contributed by atoms with Gasteiger partial charge in [-0.1, -0.05) is 42.6 Å². The monoisotopic (exact) mass is 587 g/mol. The summed E-state index contributed by atoms with van der Waals surface area (Å²) in [5.41, 5.74) is 1.04. The molecule has 0 aliphatic carbocycles. The minimum absolute atomic E-state index is 0. The van der Waals surface area contributed by atoms with E-state index in [1.165, 1.54) is 41.2 Å². The number of nitrogens with zero attached hydrogens (tertiary/aromatic N) is 2. The number of carbonyl (C=O) groups excluding carboxylic acids is 1. The normalized spacial score (nSPS) is 12.0. The van der Waals surface area contributed by atoms with Gasteiger partial charge in [0.25, 0.3) is 10.0 Å². The Bertz CT molecular complexity index is 1590. The zero-order valence-corrected chi connectivity index (χ0v) is 24.4. The third-order valence-electron chi connectivity index (χ3n) is 5.41. The van der Waals surface area contributed by atoms with Gasteiger partial charge in [0.05, 0.1) is 17.0 Å². The van der Waals surface area contributed by atoms with Crippen molar-refractivity contribution in [2.45, 2.75) is 24.5 Å². The van der Waals surface area contributed by atoms with E-state index in [0.29, 0.717) is 40.2 Å². The molecule has 38 heavy (non-hydrogen) atoms. The molecule has 0 amide bonds. The molecule has 0 spiro atoms. The zero-order valence-electron chi connectivity index (χ0n) is 19.9. The van der Waals surface area contributed by atoms with Crippen molar-refractivity contribution in [2.75, 3.05) is 4.31 Å². The fourth-order valence-electron chi connectivity index (χ4n) is 3.64. The number of anilines is 1. The third-order valence-corrected chi connectivity index (χ3v) is 8.84. The maximum absolute atomic E-state index is 13.9. The van der Waals surface area contributed by atoms with E-state index in [1.807, 2.05) is 12.1 Å². The number of alkyl halides is 3. The molecule has 0 atom stereocenters. The van der Waals surface area contributed by atoms with Gasteiger partial charge in [0.2, 0.25) is 0 Å². The largest absolute Gasteiger partial charge is 1.00 e. The van der Waals surface area contributed by atoms with Gasteiger partial charge in [-0.25, -0.2) is 12.8 Å². The van der Waals surface area contributed by atoms with E-state index in [2.05, 4.69) is 10.6 Å². The van der Waals surface area contributed by atoms with Crippen molar-refractivity contribution >= 4 is 60.2 Å². The number of hydrogen-bond acceptors (Lipinski definition) is 6. The Kier molecular flexibility index (Phi) is 9.82. The molecule has 0 N–H and O–H groups in total. The SMILES string of the molecule is Cc1c(N(Cc2ccc(F)c(C(F)(F)F)c2)S(=O)(=O)c2ccc([C-]=NS[C-]=O)cc2)sc2ccccc12.[Na+]. The van der Waals surface area contributed by atoms with Gasteiger partial charge in [-0.15, -0.1) is 11.3 Å². The molecule has 0 aliphatic heterocycles. The van der Waals surface area contributed by atoms with Crippen molar-refractivity contribution in [1.29, 1.82) is 0 Å². The molecule has 0 saturated carbocycles. The number of sulfonamides is 1. The van der Waals surface area contributed by atoms with Crippen LogP contribution >= 0.6 is 23.3 Å². The predicted molar refractivity (Wildman–Crippen MR) is 138 cm³/mol. The van der Waals surface area contributed by atoms with Gasteiger partial charge in [-0.05, 0) is 41.6 Å². The first kappa shape index (κ1) is 30.3. The maximum Gasteiger partial charge on any atom is 1.00 e. The molecule has 0 bridgehead atoms. The summed E-state index contributed by atoms with van der Waals surface area (Å²) in [5, 5.41) is 1.14. The van der Waals surface area contributed by atoms with E-state index in [0.717, 1.165) is 20.5 Å². The number of fused-ring (bicyclic) bond motifs is 1. The van der Waals surface area contributed by atoms with Gasteiger partial charge in [0.15, 0.2) is 0 Å². The minimum Gasteiger partial charge on any atom is -0.529 e. The molecular formula is C25H16F4N2NaO3S3-. The van der Waals surface area contributed by atoms with E-state index in [9.17, 15) is 30.8 Å². The maximum atomic E-state index is 13.9. The molecule has 13 heteroatoms. The molecule has 1 heterocycles. The van der Waals surface area contributed by atoms with Crippen molar-refractivity contribution in [2.24, 2.45) is 4.40 Å². The van der Waals surface area contributed by atoms with Crippen LogP contribution in [0.3, 0.4) is 0 Å². The zero-order chi connectivity index (χ0) is 26.8. The van der Waals surface area contributed by atoms with Gasteiger partial charge in [-0.2, -0.15) is 48.4 Å². The summed E-state index contributed by atoms with van der Waals surface area (Å²) >= 11 is 1.69. The van der Waals surface area contributed by atoms with Crippen LogP contribution in [-0.4, -0.2) is 20.3 Å². The molecule has 5 nitrogen and oxygen atoms in total. The molecule has 1 aromatic heterocycles. The second-order valence-electron chi connectivity index (χ2n) is 7.75. The van der Waals surface area contributed by atoms with Crippen LogP contribution in [0.5, 0.6) is 0 Å². The molecular weight excluding hydrogens is 571 g/mol. The van der Waals surface area contributed by atoms with E-state index < -0.39 is 34.1 Å². The van der Waals surface area contributed by atoms with Crippen LogP contribution < -0.4 is 33.9 Å². The van der Waals surface area contributed by atoms with Crippen molar-refractivity contribution in [3.05, 3.63) is 94.8 Å². The summed E-state index contributed by atoms with van der Waals surface area (Å²) in [5.74, 6) is -1.44. The molecule has 0 unspecified atom stereocenters. The van der Waals surface area contributed by atoms with Crippen molar-refractivity contribution in [3.8, 4) is 0 Å². The molecule has 4 rings (SSSR count). The molecule has 0 aliphatic rings. The van der Waals surface area contributed by atoms with Crippen LogP contribution in [-0.2, 0) is 27.5 Å². The second kappa shape index (κ2) is 12.3. The van der Waals surface area contributed by atoms with Gasteiger partial charge in [-0.3, -0.25) is 4.31 Å². The number of rotatable bonds is 8. The Labute approximate surface area is 247 Å². The molecule has 0 fully saturated rings. The average molecular weight is 588 g/mol. The number of aryl methyl sites for hydroxylation is 1. The molecule has 192 valence electrons. The van der Waals surface area contributed by atoms with Gasteiger partial charge >= 0.3 is 35.7 Å². The Morgan fingerprint density at radius 1 is 1.05 bits per heavy atom. The first-order valence-electron chi connectivity index (χ1n) is 10.5. The summed E-state index contributed by atoms with van der Waals surface area (Å²) in [6.45, 7) is 1.28. The number of halogens is 4. The summed E-state index contributed by atoms with van der Waals surface area (Å²) in [6.07, 6.45) is -2.38. The Morgan fingerprint density at radius 3 is 2.37 bits per heavy atom. The fourth-order valence-corrected chi connectivity index (χ4v) is 6.76.